The van der Waals surface area contributed by atoms with Crippen LogP contribution in [0.2, 0.25) is 0 Å². The number of nitrogens with zero attached hydrogens (tertiary/aromatic N) is 2. The fourth-order valence-electron chi connectivity index (χ4n) is 4.89. The highest BCUT2D eigenvalue weighted by atomic mass is 16.1. The Labute approximate surface area is 198 Å². The molecule has 1 amide bonds. The minimum Gasteiger partial charge on any atom is -0.340 e. The second kappa shape index (κ2) is 8.41. The number of hydrogen-bond acceptors (Lipinski definition) is 5. The van der Waals surface area contributed by atoms with Crippen molar-refractivity contribution >= 4 is 39.8 Å². The van der Waals surface area contributed by atoms with Crippen molar-refractivity contribution in [1.29, 1.82) is 0 Å². The third kappa shape index (κ3) is 4.17. The average Bonchev–Trinajstić information content (AvgIpc) is 3.26. The molecule has 7 heteroatoms. The summed E-state index contributed by atoms with van der Waals surface area (Å²) in [4.78, 5) is 29.7. The van der Waals surface area contributed by atoms with Crippen LogP contribution < -0.4 is 10.6 Å². The molecule has 0 bridgehead atoms. The first-order valence-corrected chi connectivity index (χ1v) is 11.4. The smallest absolute Gasteiger partial charge is 0.259 e. The molecule has 0 aliphatic heterocycles. The number of carbonyl (C=O) groups excluding carboxylic acids is 2. The largest absolute Gasteiger partial charge is 0.340 e. The minimum atomic E-state index is -0.253. The van der Waals surface area contributed by atoms with Gasteiger partial charge in [0.2, 0.25) is 0 Å². The molecule has 2 aromatic carbocycles. The summed E-state index contributed by atoms with van der Waals surface area (Å²) in [7, 11) is 0. The van der Waals surface area contributed by atoms with Crippen LogP contribution in [0.15, 0.2) is 60.9 Å². The molecule has 1 aliphatic carbocycles. The number of amides is 1. The van der Waals surface area contributed by atoms with E-state index in [1.54, 1.807) is 31.5 Å². The van der Waals surface area contributed by atoms with Gasteiger partial charge in [0.25, 0.3) is 5.91 Å². The lowest BCUT2D eigenvalue weighted by Gasteiger charge is -2.37. The zero-order valence-electron chi connectivity index (χ0n) is 19.5. The first-order valence-electron chi connectivity index (χ1n) is 11.4. The van der Waals surface area contributed by atoms with E-state index in [0.717, 1.165) is 28.6 Å². The number of ketones is 1. The molecule has 1 atom stereocenters. The molecular weight excluding hydrogens is 426 g/mol. The van der Waals surface area contributed by atoms with Crippen molar-refractivity contribution in [3.05, 3.63) is 77.6 Å². The molecule has 5 rings (SSSR count). The number of benzene rings is 2. The van der Waals surface area contributed by atoms with Gasteiger partial charge in [0.15, 0.2) is 0 Å². The molecule has 3 N–H and O–H groups in total. The number of carbonyl (C=O) groups is 2. The van der Waals surface area contributed by atoms with Crippen molar-refractivity contribution < 1.29 is 9.59 Å². The summed E-state index contributed by atoms with van der Waals surface area (Å²) in [5, 5.41) is 14.3. The number of hydrogen-bond donors (Lipinski definition) is 3. The number of H-pyrrole nitrogens is 1. The van der Waals surface area contributed by atoms with E-state index < -0.39 is 0 Å². The molecule has 2 aromatic heterocycles. The van der Waals surface area contributed by atoms with Gasteiger partial charge < -0.3 is 10.6 Å². The summed E-state index contributed by atoms with van der Waals surface area (Å²) >= 11 is 0. The van der Waals surface area contributed by atoms with Crippen LogP contribution in [0.5, 0.6) is 0 Å². The van der Waals surface area contributed by atoms with Crippen LogP contribution in [-0.2, 0) is 16.6 Å². The Balaban J connectivity index is 1.39. The van der Waals surface area contributed by atoms with Crippen molar-refractivity contribution in [2.45, 2.75) is 39.0 Å². The van der Waals surface area contributed by atoms with Gasteiger partial charge in [-0.05, 0) is 78.8 Å². The quantitative estimate of drug-likeness (QED) is 0.377. The third-order valence-electron chi connectivity index (χ3n) is 6.65. The van der Waals surface area contributed by atoms with Crippen molar-refractivity contribution in [3.63, 3.8) is 0 Å². The van der Waals surface area contributed by atoms with E-state index in [4.69, 9.17) is 0 Å². The molecule has 4 aromatic rings. The van der Waals surface area contributed by atoms with Gasteiger partial charge in [0.05, 0.1) is 17.3 Å². The van der Waals surface area contributed by atoms with Crippen LogP contribution in [0.4, 0.5) is 17.2 Å². The number of rotatable bonds is 5. The third-order valence-corrected chi connectivity index (χ3v) is 6.65. The van der Waals surface area contributed by atoms with Crippen LogP contribution >= 0.6 is 0 Å². The lowest BCUT2D eigenvalue weighted by Crippen LogP contribution is -2.33. The van der Waals surface area contributed by atoms with Crippen molar-refractivity contribution in [3.8, 4) is 0 Å². The molecule has 7 nitrogen and oxygen atoms in total. The van der Waals surface area contributed by atoms with Gasteiger partial charge in [-0.25, -0.2) is 4.98 Å². The fraction of sp³-hybridized carbons (Fsp3) is 0.259. The summed E-state index contributed by atoms with van der Waals surface area (Å²) < 4.78 is 0. The van der Waals surface area contributed by atoms with Gasteiger partial charge in [0.1, 0.15) is 11.6 Å². The van der Waals surface area contributed by atoms with Crippen LogP contribution in [0.3, 0.4) is 0 Å². The number of anilines is 3. The Kier molecular flexibility index (Phi) is 5.40. The summed E-state index contributed by atoms with van der Waals surface area (Å²) in [6.45, 7) is 6.01. The summed E-state index contributed by atoms with van der Waals surface area (Å²) in [6.07, 6.45) is 4.96. The molecule has 0 radical (unpaired) electrons. The number of pyridine rings is 1. The predicted octanol–water partition coefficient (Wildman–Crippen LogP) is 5.38. The molecule has 2 heterocycles. The molecule has 0 fully saturated rings. The number of Topliss-reactive ketones (excluding diaryl/α,β-unsaturated/α-hetero) is 1. The van der Waals surface area contributed by atoms with Crippen LogP contribution in [0.25, 0.3) is 10.9 Å². The molecule has 1 unspecified atom stereocenters. The van der Waals surface area contributed by atoms with E-state index >= 15 is 0 Å². The maximum atomic E-state index is 13.2. The Morgan fingerprint density at radius 3 is 2.74 bits per heavy atom. The Morgan fingerprint density at radius 1 is 1.09 bits per heavy atom. The van der Waals surface area contributed by atoms with E-state index in [2.05, 4.69) is 45.7 Å². The number of nitrogens with one attached hydrogen (secondary N) is 3. The fourth-order valence-corrected chi connectivity index (χ4v) is 4.89. The monoisotopic (exact) mass is 453 g/mol. The van der Waals surface area contributed by atoms with Crippen LogP contribution in [0, 0.1) is 5.92 Å². The molecule has 0 spiro atoms. The minimum absolute atomic E-state index is 0.00906. The Hall–Kier alpha value is -4.00. The first kappa shape index (κ1) is 21.8. The van der Waals surface area contributed by atoms with Gasteiger partial charge in [-0.3, -0.25) is 14.7 Å². The lowest BCUT2D eigenvalue weighted by molar-refractivity contribution is -0.121. The normalized spacial score (nSPS) is 16.6. The van der Waals surface area contributed by atoms with E-state index in [9.17, 15) is 9.59 Å². The average molecular weight is 454 g/mol. The van der Waals surface area contributed by atoms with Crippen molar-refractivity contribution in [2.75, 3.05) is 10.6 Å². The lowest BCUT2D eigenvalue weighted by atomic mass is 9.67. The molecule has 172 valence electrons. The second-order valence-electron chi connectivity index (χ2n) is 9.62. The van der Waals surface area contributed by atoms with Crippen LogP contribution in [0.1, 0.15) is 48.7 Å². The summed E-state index contributed by atoms with van der Waals surface area (Å²) in [5.41, 5.74) is 5.11. The van der Waals surface area contributed by atoms with Gasteiger partial charge in [-0.2, -0.15) is 5.10 Å². The molecule has 1 aliphatic rings. The van der Waals surface area contributed by atoms with E-state index in [1.807, 2.05) is 30.3 Å². The molecular formula is C27H27N5O2. The maximum Gasteiger partial charge on any atom is 0.259 e. The van der Waals surface area contributed by atoms with E-state index in [-0.39, 0.29) is 23.0 Å². The SMILES string of the molecule is CC(=O)C1Cc2cc(NC(=O)c3cccnc3Nc3ccc4cn[nH]c4c3)ccc2C(C)(C)C1. The number of aromatic nitrogens is 3. The topological polar surface area (TPSA) is 99.8 Å². The predicted molar refractivity (Wildman–Crippen MR) is 134 cm³/mol. The highest BCUT2D eigenvalue weighted by Gasteiger charge is 2.34. The van der Waals surface area contributed by atoms with Crippen molar-refractivity contribution in [2.24, 2.45) is 5.92 Å². The highest BCUT2D eigenvalue weighted by molar-refractivity contribution is 6.08. The van der Waals surface area contributed by atoms with Gasteiger partial charge in [0, 0.05) is 28.9 Å². The van der Waals surface area contributed by atoms with E-state index in [1.165, 1.54) is 5.56 Å². The number of aromatic amines is 1. The van der Waals surface area contributed by atoms with Gasteiger partial charge in [-0.15, -0.1) is 0 Å². The van der Waals surface area contributed by atoms with Crippen LogP contribution in [-0.4, -0.2) is 26.9 Å². The van der Waals surface area contributed by atoms with Gasteiger partial charge in [-0.1, -0.05) is 19.9 Å². The summed E-state index contributed by atoms with van der Waals surface area (Å²) in [6, 6.07) is 15.3. The standard InChI is InChI=1S/C27H27N5O2/c1-16(33)19-11-18-12-20(8-9-23(18)27(2,3)14-19)31-26(34)22-5-4-10-28-25(22)30-21-7-6-17-15-29-32-24(17)13-21/h4-10,12-13,15,19H,11,14H2,1-3H3,(H,28,30)(H,29,32)(H,31,34). The van der Waals surface area contributed by atoms with Crippen molar-refractivity contribution in [1.82, 2.24) is 15.2 Å². The zero-order chi connectivity index (χ0) is 23.9. The first-order chi connectivity index (χ1) is 16.3. The molecule has 0 saturated carbocycles. The highest BCUT2D eigenvalue weighted by Crippen LogP contribution is 2.40. The van der Waals surface area contributed by atoms with Gasteiger partial charge >= 0.3 is 0 Å². The number of fused-ring (bicyclic) bond motifs is 2. The second-order valence-corrected chi connectivity index (χ2v) is 9.62. The Bertz CT molecular complexity index is 1410. The molecule has 34 heavy (non-hydrogen) atoms. The van der Waals surface area contributed by atoms with E-state index in [0.29, 0.717) is 23.5 Å². The zero-order valence-corrected chi connectivity index (χ0v) is 19.5. The Morgan fingerprint density at radius 2 is 1.91 bits per heavy atom. The molecule has 0 saturated heterocycles. The maximum absolute atomic E-state index is 13.2. The summed E-state index contributed by atoms with van der Waals surface area (Å²) in [5.74, 6) is 0.438.